The average Bonchev–Trinajstić information content (AvgIpc) is 2.43. The largest absolute Gasteiger partial charge is 0.307 e. The van der Waals surface area contributed by atoms with E-state index in [4.69, 9.17) is 0 Å². The van der Waals surface area contributed by atoms with E-state index in [0.717, 1.165) is 18.1 Å². The molecular weight excluding hydrogens is 112 g/mol. The van der Waals surface area contributed by atoms with Gasteiger partial charge in [-0.05, 0) is 12.8 Å². The number of piperidine rings is 1. The highest BCUT2D eigenvalue weighted by Crippen LogP contribution is 2.35. The number of hydrogen-bond donors (Lipinski definition) is 1. The molecule has 3 heterocycles. The van der Waals surface area contributed by atoms with Crippen LogP contribution in [0.4, 0.5) is 0 Å². The fraction of sp³-hybridized carbons (Fsp3) is 1.00. The molecule has 3 saturated heterocycles. The summed E-state index contributed by atoms with van der Waals surface area (Å²) in [5.74, 6) is 0. The average molecular weight is 124 g/mol. The van der Waals surface area contributed by atoms with Crippen molar-refractivity contribution in [3.8, 4) is 0 Å². The van der Waals surface area contributed by atoms with Crippen LogP contribution in [0, 0.1) is 0 Å². The molecule has 50 valence electrons. The highest BCUT2D eigenvalue weighted by atomic mass is 15.3. The summed E-state index contributed by atoms with van der Waals surface area (Å²) in [6.07, 6.45) is 2.86. The zero-order valence-electron chi connectivity index (χ0n) is 5.51. The van der Waals surface area contributed by atoms with Gasteiger partial charge in [0.15, 0.2) is 0 Å². The lowest BCUT2D eigenvalue weighted by atomic mass is 9.92. The Morgan fingerprint density at radius 1 is 1.22 bits per heavy atom. The van der Waals surface area contributed by atoms with Crippen LogP contribution < -0.4 is 5.32 Å². The molecule has 0 bridgehead atoms. The first-order chi connectivity index (χ1) is 4.45. The Morgan fingerprint density at radius 3 is 2.78 bits per heavy atom. The van der Waals surface area contributed by atoms with Crippen molar-refractivity contribution in [3.63, 3.8) is 0 Å². The lowest BCUT2D eigenvalue weighted by molar-refractivity contribution is 0.0711. The Bertz CT molecular complexity index is 144. The summed E-state index contributed by atoms with van der Waals surface area (Å²) in [4.78, 5) is 2.61. The highest BCUT2D eigenvalue weighted by Gasteiger charge is 2.51. The van der Waals surface area contributed by atoms with E-state index in [1.165, 1.54) is 25.9 Å². The van der Waals surface area contributed by atoms with Gasteiger partial charge < -0.3 is 5.32 Å². The normalized spacial score (nSPS) is 55.3. The smallest absolute Gasteiger partial charge is 0.0381 e. The number of nitrogens with one attached hydrogen (secondary N) is 1. The molecule has 0 aromatic carbocycles. The predicted octanol–water partition coefficient (Wildman–Crippen LogP) is -0.195. The molecule has 3 fully saturated rings. The zero-order valence-corrected chi connectivity index (χ0v) is 5.51. The van der Waals surface area contributed by atoms with Crippen LogP contribution in [-0.4, -0.2) is 36.1 Å². The van der Waals surface area contributed by atoms with E-state index in [-0.39, 0.29) is 0 Å². The van der Waals surface area contributed by atoms with Gasteiger partial charge in [0.25, 0.3) is 0 Å². The minimum absolute atomic E-state index is 0.910. The summed E-state index contributed by atoms with van der Waals surface area (Å²) in [5, 5.41) is 3.52. The van der Waals surface area contributed by atoms with E-state index in [0.29, 0.717) is 0 Å². The molecule has 2 nitrogen and oxygen atoms in total. The van der Waals surface area contributed by atoms with Crippen LogP contribution in [-0.2, 0) is 0 Å². The van der Waals surface area contributed by atoms with Crippen LogP contribution in [0.2, 0.25) is 0 Å². The molecule has 0 amide bonds. The van der Waals surface area contributed by atoms with E-state index >= 15 is 0 Å². The van der Waals surface area contributed by atoms with Crippen LogP contribution in [0.25, 0.3) is 0 Å². The van der Waals surface area contributed by atoms with Crippen molar-refractivity contribution in [1.29, 1.82) is 0 Å². The second-order valence-electron chi connectivity index (χ2n) is 3.48. The predicted molar refractivity (Wildman–Crippen MR) is 35.3 cm³/mol. The number of rotatable bonds is 0. The molecule has 0 aliphatic carbocycles. The van der Waals surface area contributed by atoms with Crippen molar-refractivity contribution in [2.45, 2.75) is 31.0 Å². The molecule has 0 radical (unpaired) electrons. The van der Waals surface area contributed by atoms with Gasteiger partial charge in [-0.25, -0.2) is 0 Å². The topological polar surface area (TPSA) is 25.2 Å². The van der Waals surface area contributed by atoms with Crippen molar-refractivity contribution < 1.29 is 0 Å². The molecule has 0 aromatic rings. The van der Waals surface area contributed by atoms with Gasteiger partial charge in [0.1, 0.15) is 0 Å². The van der Waals surface area contributed by atoms with Gasteiger partial charge in [0, 0.05) is 31.2 Å². The van der Waals surface area contributed by atoms with Gasteiger partial charge in [-0.2, -0.15) is 0 Å². The quantitative estimate of drug-likeness (QED) is 0.453. The molecule has 3 rings (SSSR count). The van der Waals surface area contributed by atoms with Crippen LogP contribution in [0.3, 0.4) is 0 Å². The third-order valence-corrected chi connectivity index (χ3v) is 3.05. The molecule has 3 atom stereocenters. The molecule has 3 aliphatic rings. The maximum atomic E-state index is 3.52. The maximum absolute atomic E-state index is 3.52. The maximum Gasteiger partial charge on any atom is 0.0381 e. The fourth-order valence-corrected chi connectivity index (χ4v) is 2.28. The highest BCUT2D eigenvalue weighted by molar-refractivity contribution is 5.12. The summed E-state index contributed by atoms with van der Waals surface area (Å²) in [7, 11) is 0. The first-order valence-corrected chi connectivity index (χ1v) is 3.95. The molecular formula is C7H12N2. The lowest BCUT2D eigenvalue weighted by Crippen LogP contribution is -2.54. The van der Waals surface area contributed by atoms with E-state index < -0.39 is 0 Å². The van der Waals surface area contributed by atoms with Gasteiger partial charge in [-0.15, -0.1) is 0 Å². The zero-order chi connectivity index (χ0) is 5.84. The van der Waals surface area contributed by atoms with E-state index in [2.05, 4.69) is 10.2 Å². The molecule has 3 aliphatic heterocycles. The van der Waals surface area contributed by atoms with Crippen molar-refractivity contribution in [3.05, 3.63) is 0 Å². The first-order valence-electron chi connectivity index (χ1n) is 3.95. The lowest BCUT2D eigenvalue weighted by Gasteiger charge is -2.43. The van der Waals surface area contributed by atoms with Crippen LogP contribution in [0.1, 0.15) is 12.8 Å². The Balaban J connectivity index is 1.82. The summed E-state index contributed by atoms with van der Waals surface area (Å²) >= 11 is 0. The van der Waals surface area contributed by atoms with Crippen molar-refractivity contribution >= 4 is 0 Å². The molecule has 0 aromatic heterocycles. The summed E-state index contributed by atoms with van der Waals surface area (Å²) < 4.78 is 0. The summed E-state index contributed by atoms with van der Waals surface area (Å²) in [6.45, 7) is 2.73. The number of fused-ring (bicyclic) bond motifs is 3. The summed E-state index contributed by atoms with van der Waals surface area (Å²) in [6, 6.07) is 2.78. The molecule has 9 heavy (non-hydrogen) atoms. The fourth-order valence-electron chi connectivity index (χ4n) is 2.28. The SMILES string of the molecule is C1CN2CC[C@@H]2[C@@H]2N[C@@H]12. The molecule has 2 heteroatoms. The second kappa shape index (κ2) is 1.32. The monoisotopic (exact) mass is 124 g/mol. The minimum atomic E-state index is 0.910. The Kier molecular flexibility index (Phi) is 0.691. The van der Waals surface area contributed by atoms with Crippen LogP contribution in [0.5, 0.6) is 0 Å². The Hall–Kier alpha value is -0.0800. The number of hydrogen-bond acceptors (Lipinski definition) is 2. The minimum Gasteiger partial charge on any atom is -0.307 e. The van der Waals surface area contributed by atoms with Crippen molar-refractivity contribution in [2.24, 2.45) is 0 Å². The van der Waals surface area contributed by atoms with Crippen molar-refractivity contribution in [1.82, 2.24) is 10.2 Å². The van der Waals surface area contributed by atoms with Crippen molar-refractivity contribution in [2.75, 3.05) is 13.1 Å². The Morgan fingerprint density at radius 2 is 2.11 bits per heavy atom. The standard InChI is InChI=1S/C7H12N2/c1-3-9-4-2-6(9)7-5(1)8-7/h5-8H,1-4H2/t5-,6+,7+/m0/s1. The van der Waals surface area contributed by atoms with E-state index in [1.54, 1.807) is 0 Å². The second-order valence-corrected chi connectivity index (χ2v) is 3.48. The molecule has 0 spiro atoms. The van der Waals surface area contributed by atoms with Crippen LogP contribution >= 0.6 is 0 Å². The first kappa shape index (κ1) is 4.69. The molecule has 0 saturated carbocycles. The molecule has 1 N–H and O–H groups in total. The third kappa shape index (κ3) is 0.485. The van der Waals surface area contributed by atoms with E-state index in [1.807, 2.05) is 0 Å². The molecule has 0 unspecified atom stereocenters. The van der Waals surface area contributed by atoms with Crippen LogP contribution in [0.15, 0.2) is 0 Å². The summed E-state index contributed by atoms with van der Waals surface area (Å²) in [5.41, 5.74) is 0. The van der Waals surface area contributed by atoms with E-state index in [9.17, 15) is 0 Å². The Labute approximate surface area is 55.2 Å². The van der Waals surface area contributed by atoms with Gasteiger partial charge in [-0.3, -0.25) is 4.90 Å². The van der Waals surface area contributed by atoms with Gasteiger partial charge in [-0.1, -0.05) is 0 Å². The van der Waals surface area contributed by atoms with Gasteiger partial charge in [0.05, 0.1) is 0 Å². The van der Waals surface area contributed by atoms with Gasteiger partial charge in [0.2, 0.25) is 0 Å². The number of nitrogens with zero attached hydrogens (tertiary/aromatic N) is 1. The third-order valence-electron chi connectivity index (χ3n) is 3.05. The van der Waals surface area contributed by atoms with Gasteiger partial charge >= 0.3 is 0 Å².